The van der Waals surface area contributed by atoms with Gasteiger partial charge in [0.2, 0.25) is 0 Å². The number of rotatable bonds is 12. The van der Waals surface area contributed by atoms with Crippen molar-refractivity contribution in [2.45, 2.75) is 0 Å². The molecule has 0 spiro atoms. The standard InChI is InChI=1S/C99H60N10/c1-3-11-66(12-4-1)97-98(67-27-23-62(24-28-67)71-32-39-84-81-16-8-7-13-76(81)58-102-92(84)51-71)106-87-42-36-73(54-95(87)107-97)69-31-37-82-78(49-69)59-103-93-52-70(33-40-85(82)93)61-19-21-64(22-20-61)77-56-90(65-43-46-100-47-44-65)105-91(57-77)75-45-48-101-89(55-75)74-35-38-83-79(50-74)60-104-94-53-72(34-41-86(83)94)63-25-29-68(30-26-63)99-108-88-17-9-10-18-96(88)109(99)80-14-5-2-6-15-80/h1-60H. The molecule has 8 heterocycles. The van der Waals surface area contributed by atoms with Gasteiger partial charge in [-0.3, -0.25) is 29.5 Å². The maximum absolute atomic E-state index is 5.38. The zero-order chi connectivity index (χ0) is 71.9. The minimum absolute atomic E-state index is 0.824. The normalized spacial score (nSPS) is 11.7. The Labute approximate surface area is 626 Å². The van der Waals surface area contributed by atoms with Gasteiger partial charge >= 0.3 is 0 Å². The van der Waals surface area contributed by atoms with E-state index in [0.717, 1.165) is 211 Å². The first-order valence-electron chi connectivity index (χ1n) is 36.5. The molecule has 0 saturated carbocycles. The van der Waals surface area contributed by atoms with Gasteiger partial charge in [0.1, 0.15) is 5.82 Å². The molecule has 21 aromatic rings. The van der Waals surface area contributed by atoms with Crippen LogP contribution in [0.25, 0.3) is 216 Å². The largest absolute Gasteiger partial charge is 0.292 e. The van der Waals surface area contributed by atoms with Crippen LogP contribution in [0.2, 0.25) is 0 Å². The Balaban J connectivity index is 0.532. The molecule has 10 nitrogen and oxygen atoms in total. The number of fused-ring (bicyclic) bond motifs is 11. The van der Waals surface area contributed by atoms with Crippen molar-refractivity contribution in [3.8, 4) is 129 Å². The van der Waals surface area contributed by atoms with Crippen molar-refractivity contribution in [3.63, 3.8) is 0 Å². The molecule has 8 aromatic heterocycles. The average Bonchev–Trinajstić information content (AvgIpc) is 1.75. The predicted octanol–water partition coefficient (Wildman–Crippen LogP) is 24.6. The van der Waals surface area contributed by atoms with Gasteiger partial charge in [-0.15, -0.1) is 0 Å². The minimum Gasteiger partial charge on any atom is -0.292 e. The van der Waals surface area contributed by atoms with E-state index in [4.69, 9.17) is 39.9 Å². The first kappa shape index (κ1) is 62.7. The highest BCUT2D eigenvalue weighted by molar-refractivity contribution is 6.10. The third-order valence-corrected chi connectivity index (χ3v) is 21.2. The molecule has 0 atom stereocenters. The Hall–Kier alpha value is -14.9. The molecule has 0 N–H and O–H groups in total. The smallest absolute Gasteiger partial charge is 0.145 e. The summed E-state index contributed by atoms with van der Waals surface area (Å²) >= 11 is 0. The van der Waals surface area contributed by atoms with E-state index in [1.807, 2.05) is 73.6 Å². The van der Waals surface area contributed by atoms with Gasteiger partial charge in [-0.05, 0) is 175 Å². The van der Waals surface area contributed by atoms with Gasteiger partial charge in [0.05, 0.1) is 67.1 Å². The Morgan fingerprint density at radius 3 is 1.27 bits per heavy atom. The van der Waals surface area contributed by atoms with Gasteiger partial charge < -0.3 is 0 Å². The number of imidazole rings is 1. The van der Waals surface area contributed by atoms with E-state index in [-0.39, 0.29) is 0 Å². The molecule has 0 unspecified atom stereocenters. The maximum Gasteiger partial charge on any atom is 0.145 e. The van der Waals surface area contributed by atoms with Gasteiger partial charge in [-0.2, -0.15) is 0 Å². The van der Waals surface area contributed by atoms with E-state index < -0.39 is 0 Å². The summed E-state index contributed by atoms with van der Waals surface area (Å²) in [5, 5.41) is 10.0. The summed E-state index contributed by atoms with van der Waals surface area (Å²) in [6.07, 6.45) is 11.4. The highest BCUT2D eigenvalue weighted by atomic mass is 15.1. The highest BCUT2D eigenvalue weighted by Crippen LogP contribution is 2.41. The summed E-state index contributed by atoms with van der Waals surface area (Å²) in [5.74, 6) is 0.906. The number of para-hydroxylation sites is 3. The second-order valence-corrected chi connectivity index (χ2v) is 27.8. The van der Waals surface area contributed by atoms with Crippen molar-refractivity contribution in [3.05, 3.63) is 365 Å². The summed E-state index contributed by atoms with van der Waals surface area (Å²) < 4.78 is 2.23. The molecule has 0 aliphatic heterocycles. The number of nitrogens with zero attached hydrogens (tertiary/aromatic N) is 10. The van der Waals surface area contributed by atoms with Crippen LogP contribution >= 0.6 is 0 Å². The Bertz CT molecular complexity index is 7190. The monoisotopic (exact) mass is 1390 g/mol. The van der Waals surface area contributed by atoms with E-state index in [1.54, 1.807) is 0 Å². The van der Waals surface area contributed by atoms with Gasteiger partial charge in [-0.25, -0.2) is 19.9 Å². The minimum atomic E-state index is 0.824. The molecule has 0 radical (unpaired) electrons. The van der Waals surface area contributed by atoms with Crippen LogP contribution in [0, 0.1) is 0 Å². The molecule has 10 heteroatoms. The average molecular weight is 1390 g/mol. The zero-order valence-electron chi connectivity index (χ0n) is 58.6. The summed E-state index contributed by atoms with van der Waals surface area (Å²) in [6, 6.07) is 115. The molecule has 0 bridgehead atoms. The highest BCUT2D eigenvalue weighted by Gasteiger charge is 2.20. The molecule has 0 aliphatic carbocycles. The molecule has 0 fully saturated rings. The van der Waals surface area contributed by atoms with E-state index in [9.17, 15) is 0 Å². The Morgan fingerprint density at radius 1 is 0.202 bits per heavy atom. The van der Waals surface area contributed by atoms with Crippen molar-refractivity contribution < 1.29 is 0 Å². The second-order valence-electron chi connectivity index (χ2n) is 27.8. The molecule has 0 amide bonds. The summed E-state index contributed by atoms with van der Waals surface area (Å²) in [7, 11) is 0. The lowest BCUT2D eigenvalue weighted by Crippen LogP contribution is -1.97. The number of benzene rings is 13. The van der Waals surface area contributed by atoms with Crippen molar-refractivity contribution in [1.82, 2.24) is 49.4 Å². The van der Waals surface area contributed by atoms with Crippen LogP contribution in [0.5, 0.6) is 0 Å². The fraction of sp³-hybridized carbons (Fsp3) is 0. The fourth-order valence-corrected chi connectivity index (χ4v) is 15.6. The SMILES string of the molecule is c1ccc(-c2nc3cc(-c4ccc5c(cnc6cc(-c7ccc(-c8cc(-c9ccncc9)nc(-c9ccnc(-c%10ccc%11c(cnc%12cc(-c%13ccc(-c%14nc%15ccccc%15n%14-c%14ccccc%14)cc%13)ccc%12%11)c%10)c9)c8)cc7)ccc65)c4)ccc3nc2-c2ccc(-c3ccc4c(c3)ncc3ccccc34)cc2)cc1. The van der Waals surface area contributed by atoms with Crippen LogP contribution in [-0.4, -0.2) is 49.4 Å². The van der Waals surface area contributed by atoms with Crippen molar-refractivity contribution >= 4 is 87.1 Å². The lowest BCUT2D eigenvalue weighted by Gasteiger charge is -2.13. The molecular weight excluding hydrogens is 1330 g/mol. The Kier molecular flexibility index (Phi) is 15.0. The predicted molar refractivity (Wildman–Crippen MR) is 446 cm³/mol. The van der Waals surface area contributed by atoms with E-state index in [1.165, 1.54) is 5.39 Å². The summed E-state index contributed by atoms with van der Waals surface area (Å²) in [4.78, 5) is 45.3. The molecule has 506 valence electrons. The molecule has 109 heavy (non-hydrogen) atoms. The second kappa shape index (κ2) is 26.1. The van der Waals surface area contributed by atoms with Crippen molar-refractivity contribution in [2.24, 2.45) is 0 Å². The van der Waals surface area contributed by atoms with Crippen molar-refractivity contribution in [1.29, 1.82) is 0 Å². The summed E-state index contributed by atoms with van der Waals surface area (Å²) in [6.45, 7) is 0. The van der Waals surface area contributed by atoms with E-state index >= 15 is 0 Å². The lowest BCUT2D eigenvalue weighted by atomic mass is 9.96. The summed E-state index contributed by atoms with van der Waals surface area (Å²) in [5.41, 5.74) is 28.6. The Morgan fingerprint density at radius 2 is 0.624 bits per heavy atom. The maximum atomic E-state index is 5.38. The van der Waals surface area contributed by atoms with Crippen LogP contribution in [0.3, 0.4) is 0 Å². The van der Waals surface area contributed by atoms with Gasteiger partial charge in [0.15, 0.2) is 0 Å². The molecule has 21 rings (SSSR count). The molecule has 13 aromatic carbocycles. The number of aromatic nitrogens is 10. The number of hydrogen-bond acceptors (Lipinski definition) is 9. The van der Waals surface area contributed by atoms with Gasteiger partial charge in [0.25, 0.3) is 0 Å². The zero-order valence-corrected chi connectivity index (χ0v) is 58.6. The molecule has 0 aliphatic rings. The van der Waals surface area contributed by atoms with Gasteiger partial charge in [-0.1, -0.05) is 224 Å². The topological polar surface area (TPSA) is 121 Å². The third kappa shape index (κ3) is 11.4. The lowest BCUT2D eigenvalue weighted by molar-refractivity contribution is 1.10. The molecular formula is C99H60N10. The van der Waals surface area contributed by atoms with Crippen molar-refractivity contribution in [2.75, 3.05) is 0 Å². The van der Waals surface area contributed by atoms with Crippen LogP contribution < -0.4 is 0 Å². The van der Waals surface area contributed by atoms with Gasteiger partial charge in [0, 0.05) is 109 Å². The van der Waals surface area contributed by atoms with E-state index in [0.29, 0.717) is 0 Å². The van der Waals surface area contributed by atoms with E-state index in [2.05, 4.69) is 301 Å². The van der Waals surface area contributed by atoms with Crippen LogP contribution in [-0.2, 0) is 0 Å². The molecule has 0 saturated heterocycles. The fourth-order valence-electron chi connectivity index (χ4n) is 15.6. The first-order chi connectivity index (χ1) is 53.9. The third-order valence-electron chi connectivity index (χ3n) is 21.2. The quantitative estimate of drug-likeness (QED) is 0.110. The van der Waals surface area contributed by atoms with Crippen LogP contribution in [0.4, 0.5) is 0 Å². The number of pyridine rings is 6. The van der Waals surface area contributed by atoms with Crippen LogP contribution in [0.15, 0.2) is 365 Å². The first-order valence-corrected chi connectivity index (χ1v) is 36.5. The van der Waals surface area contributed by atoms with Crippen LogP contribution in [0.1, 0.15) is 0 Å². The number of hydrogen-bond donors (Lipinski definition) is 0.